The van der Waals surface area contributed by atoms with E-state index in [2.05, 4.69) is 15.4 Å². The second kappa shape index (κ2) is 8.01. The number of nitrogens with zero attached hydrogens (tertiary/aromatic N) is 5. The van der Waals surface area contributed by atoms with E-state index in [0.717, 1.165) is 25.9 Å². The predicted octanol–water partition coefficient (Wildman–Crippen LogP) is 1.67. The topological polar surface area (TPSA) is 106 Å². The number of nitrogens with one attached hydrogen (secondary N) is 1. The van der Waals surface area contributed by atoms with Crippen molar-refractivity contribution in [3.63, 3.8) is 0 Å². The first-order valence-electron chi connectivity index (χ1n) is 8.77. The Bertz CT molecular complexity index is 814. The average molecular weight is 393 g/mol. The minimum atomic E-state index is -0.494. The highest BCUT2D eigenvalue weighted by Gasteiger charge is 2.32. The van der Waals surface area contributed by atoms with Gasteiger partial charge in [-0.1, -0.05) is 0 Å². The fourth-order valence-electron chi connectivity index (χ4n) is 3.93. The molecule has 2 fully saturated rings. The molecule has 0 unspecified atom stereocenters. The summed E-state index contributed by atoms with van der Waals surface area (Å²) in [7, 11) is 0. The molecule has 0 saturated carbocycles. The van der Waals surface area contributed by atoms with Gasteiger partial charge in [0.15, 0.2) is 0 Å². The fourth-order valence-corrected chi connectivity index (χ4v) is 3.93. The van der Waals surface area contributed by atoms with E-state index >= 15 is 0 Å². The summed E-state index contributed by atoms with van der Waals surface area (Å²) in [4.78, 5) is 29.5. The molecule has 9 nitrogen and oxygen atoms in total. The van der Waals surface area contributed by atoms with Crippen LogP contribution in [0.25, 0.3) is 5.69 Å². The minimum absolute atomic E-state index is 0. The van der Waals surface area contributed by atoms with E-state index in [9.17, 15) is 14.9 Å². The van der Waals surface area contributed by atoms with Crippen LogP contribution in [0.15, 0.2) is 30.9 Å². The zero-order chi connectivity index (χ0) is 18.1. The van der Waals surface area contributed by atoms with Gasteiger partial charge in [0.1, 0.15) is 18.3 Å². The first-order chi connectivity index (χ1) is 12.6. The number of carbonyl (C=O) groups is 1. The molecule has 2 aromatic rings. The molecule has 0 radical (unpaired) electrons. The Morgan fingerprint density at radius 1 is 1.22 bits per heavy atom. The lowest BCUT2D eigenvalue weighted by molar-refractivity contribution is -0.384. The van der Waals surface area contributed by atoms with Crippen molar-refractivity contribution in [2.75, 3.05) is 26.2 Å². The number of hydrogen-bond acceptors (Lipinski definition) is 6. The maximum Gasteiger partial charge on any atom is 0.295 e. The van der Waals surface area contributed by atoms with Crippen LogP contribution in [0.3, 0.4) is 0 Å². The number of carbonyl (C=O) groups excluding carboxylic acids is 1. The third-order valence-corrected chi connectivity index (χ3v) is 5.39. The molecule has 1 amide bonds. The van der Waals surface area contributed by atoms with Crippen LogP contribution < -0.4 is 5.32 Å². The number of fused-ring (bicyclic) bond motifs is 1. The van der Waals surface area contributed by atoms with Crippen LogP contribution in [0, 0.1) is 22.0 Å². The van der Waals surface area contributed by atoms with Crippen LogP contribution in [-0.2, 0) is 0 Å². The molecule has 1 aromatic heterocycles. The molecule has 10 heteroatoms. The predicted molar refractivity (Wildman–Crippen MR) is 100 cm³/mol. The molecule has 2 saturated heterocycles. The Labute approximate surface area is 162 Å². The van der Waals surface area contributed by atoms with Gasteiger partial charge >= 0.3 is 0 Å². The highest BCUT2D eigenvalue weighted by Crippen LogP contribution is 2.29. The summed E-state index contributed by atoms with van der Waals surface area (Å²) in [5.41, 5.74) is 0.475. The number of halogens is 1. The van der Waals surface area contributed by atoms with Gasteiger partial charge in [0, 0.05) is 24.7 Å². The van der Waals surface area contributed by atoms with Crippen LogP contribution >= 0.6 is 12.4 Å². The number of rotatable bonds is 3. The van der Waals surface area contributed by atoms with Crippen molar-refractivity contribution >= 4 is 24.0 Å². The molecule has 1 N–H and O–H groups in total. The van der Waals surface area contributed by atoms with Crippen molar-refractivity contribution in [2.24, 2.45) is 11.8 Å². The summed E-state index contributed by atoms with van der Waals surface area (Å²) in [6.07, 6.45) is 4.66. The molecule has 0 aliphatic carbocycles. The van der Waals surface area contributed by atoms with Crippen molar-refractivity contribution in [3.8, 4) is 5.69 Å². The van der Waals surface area contributed by atoms with Crippen molar-refractivity contribution in [3.05, 3.63) is 46.5 Å². The van der Waals surface area contributed by atoms with Crippen LogP contribution in [0.1, 0.15) is 23.2 Å². The number of nitro groups is 1. The molecule has 1 aromatic carbocycles. The Morgan fingerprint density at radius 2 is 1.93 bits per heavy atom. The molecule has 27 heavy (non-hydrogen) atoms. The first-order valence-corrected chi connectivity index (χ1v) is 8.77. The van der Waals surface area contributed by atoms with Crippen LogP contribution in [-0.4, -0.2) is 56.7 Å². The second-order valence-electron chi connectivity index (χ2n) is 6.85. The van der Waals surface area contributed by atoms with Crippen molar-refractivity contribution in [2.45, 2.75) is 12.8 Å². The Morgan fingerprint density at radius 3 is 2.52 bits per heavy atom. The first kappa shape index (κ1) is 19.2. The number of amides is 1. The highest BCUT2D eigenvalue weighted by atomic mass is 35.5. The summed E-state index contributed by atoms with van der Waals surface area (Å²) in [5.74, 6) is 1.10. The normalized spacial score (nSPS) is 21.9. The molecule has 2 atom stereocenters. The van der Waals surface area contributed by atoms with E-state index in [4.69, 9.17) is 0 Å². The van der Waals surface area contributed by atoms with Gasteiger partial charge in [-0.15, -0.1) is 12.4 Å². The molecule has 0 bridgehead atoms. The van der Waals surface area contributed by atoms with E-state index < -0.39 is 4.92 Å². The van der Waals surface area contributed by atoms with Crippen molar-refractivity contribution in [1.29, 1.82) is 0 Å². The zero-order valence-electron chi connectivity index (χ0n) is 14.7. The fraction of sp³-hybridized carbons (Fsp3) is 0.471. The van der Waals surface area contributed by atoms with E-state index in [0.29, 0.717) is 36.2 Å². The van der Waals surface area contributed by atoms with Crippen molar-refractivity contribution in [1.82, 2.24) is 25.0 Å². The third kappa shape index (κ3) is 3.79. The summed E-state index contributed by atoms with van der Waals surface area (Å²) < 4.78 is 1.33. The molecule has 3 heterocycles. The standard InChI is InChI=1S/C17H20N6O3.ClH/c24-17(21-5-3-13-8-18-9-14(13)4-6-21)12-1-2-15(16(7-12)23(25)26)22-11-19-10-20-22;/h1-2,7,10-11,13-14,18H,3-6,8-9H2;1H/t13-,14+;. The number of nitro benzene ring substituents is 1. The zero-order valence-corrected chi connectivity index (χ0v) is 15.5. The smallest absolute Gasteiger partial charge is 0.295 e. The quantitative estimate of drug-likeness (QED) is 0.629. The van der Waals surface area contributed by atoms with Gasteiger partial charge < -0.3 is 10.2 Å². The van der Waals surface area contributed by atoms with Crippen LogP contribution in [0.5, 0.6) is 0 Å². The SMILES string of the molecule is Cl.O=C(c1ccc(-n2cncn2)c([N+](=O)[O-])c1)N1CC[C@@H]2CNC[C@@H]2CC1. The average Bonchev–Trinajstić information content (AvgIpc) is 3.30. The monoisotopic (exact) mass is 392 g/mol. The lowest BCUT2D eigenvalue weighted by Gasteiger charge is -2.21. The second-order valence-corrected chi connectivity index (χ2v) is 6.85. The molecule has 144 valence electrons. The molecular formula is C17H21ClN6O3. The van der Waals surface area contributed by atoms with Gasteiger partial charge in [-0.2, -0.15) is 5.10 Å². The number of likely N-dealkylation sites (tertiary alicyclic amines) is 1. The molecule has 4 rings (SSSR count). The Hall–Kier alpha value is -2.52. The number of aromatic nitrogens is 3. The van der Waals surface area contributed by atoms with E-state index in [1.807, 2.05) is 4.90 Å². The molecule has 0 spiro atoms. The maximum atomic E-state index is 12.9. The number of hydrogen-bond donors (Lipinski definition) is 1. The Balaban J connectivity index is 0.00000210. The lowest BCUT2D eigenvalue weighted by atomic mass is 9.92. The van der Waals surface area contributed by atoms with Gasteiger partial charge in [0.05, 0.1) is 4.92 Å². The van der Waals surface area contributed by atoms with Crippen LogP contribution in [0.2, 0.25) is 0 Å². The molecule has 2 aliphatic rings. The van der Waals surface area contributed by atoms with E-state index in [-0.39, 0.29) is 24.0 Å². The highest BCUT2D eigenvalue weighted by molar-refractivity contribution is 5.95. The summed E-state index contributed by atoms with van der Waals surface area (Å²) in [6, 6.07) is 4.52. The third-order valence-electron chi connectivity index (χ3n) is 5.39. The van der Waals surface area contributed by atoms with Crippen LogP contribution in [0.4, 0.5) is 5.69 Å². The van der Waals surface area contributed by atoms with Gasteiger partial charge in [0.2, 0.25) is 0 Å². The molecular weight excluding hydrogens is 372 g/mol. The lowest BCUT2D eigenvalue weighted by Crippen LogP contribution is -2.32. The summed E-state index contributed by atoms with van der Waals surface area (Å²) >= 11 is 0. The summed E-state index contributed by atoms with van der Waals surface area (Å²) in [6.45, 7) is 3.43. The van der Waals surface area contributed by atoms with Gasteiger partial charge in [-0.25, -0.2) is 9.67 Å². The maximum absolute atomic E-state index is 12.9. The largest absolute Gasteiger partial charge is 0.339 e. The van der Waals surface area contributed by atoms with Gasteiger partial charge in [-0.05, 0) is 49.9 Å². The minimum Gasteiger partial charge on any atom is -0.339 e. The van der Waals surface area contributed by atoms with E-state index in [1.54, 1.807) is 12.1 Å². The van der Waals surface area contributed by atoms with E-state index in [1.165, 1.54) is 23.4 Å². The Kier molecular flexibility index (Phi) is 5.71. The number of benzene rings is 1. The van der Waals surface area contributed by atoms with Gasteiger partial charge in [0.25, 0.3) is 11.6 Å². The van der Waals surface area contributed by atoms with Crippen molar-refractivity contribution < 1.29 is 9.72 Å². The molecule has 2 aliphatic heterocycles. The summed E-state index contributed by atoms with van der Waals surface area (Å²) in [5, 5.41) is 18.8. The van der Waals surface area contributed by atoms with Gasteiger partial charge in [-0.3, -0.25) is 14.9 Å².